The molecule has 4 aliphatic rings. The van der Waals surface area contributed by atoms with Crippen molar-refractivity contribution < 1.29 is 9.53 Å². The zero-order chi connectivity index (χ0) is 17.0. The summed E-state index contributed by atoms with van der Waals surface area (Å²) in [6.07, 6.45) is 6.03. The van der Waals surface area contributed by atoms with Gasteiger partial charge in [0.2, 0.25) is 5.91 Å². The number of nitrogens with zero attached hydrogens (tertiary/aromatic N) is 1. The lowest BCUT2D eigenvalue weighted by molar-refractivity contribution is -0.122. The third-order valence-corrected chi connectivity index (χ3v) is 7.34. The Balaban J connectivity index is 1.43. The summed E-state index contributed by atoms with van der Waals surface area (Å²) in [4.78, 5) is 12.2. The summed E-state index contributed by atoms with van der Waals surface area (Å²) in [6.45, 7) is 0. The normalized spacial score (nSPS) is 44.4. The van der Waals surface area contributed by atoms with Crippen molar-refractivity contribution in [3.63, 3.8) is 0 Å². The molecule has 3 saturated carbocycles. The molecule has 1 aliphatic heterocycles. The van der Waals surface area contributed by atoms with Gasteiger partial charge in [-0.05, 0) is 61.5 Å². The van der Waals surface area contributed by atoms with Gasteiger partial charge in [-0.2, -0.15) is 5.26 Å². The fourth-order valence-corrected chi connectivity index (χ4v) is 6.59. The number of hydrogen-bond acceptors (Lipinski definition) is 3. The Bertz CT molecular complexity index is 712. The highest BCUT2D eigenvalue weighted by Crippen LogP contribution is 2.60. The van der Waals surface area contributed by atoms with Gasteiger partial charge in [-0.1, -0.05) is 24.6 Å². The zero-order valence-corrected chi connectivity index (χ0v) is 14.3. The van der Waals surface area contributed by atoms with Crippen molar-refractivity contribution in [3.05, 3.63) is 30.3 Å². The average molecular weight is 336 g/mol. The van der Waals surface area contributed by atoms with E-state index in [0.717, 1.165) is 18.6 Å². The number of hydrogen-bond donors (Lipinski definition) is 1. The van der Waals surface area contributed by atoms with E-state index in [1.807, 2.05) is 30.3 Å². The van der Waals surface area contributed by atoms with Gasteiger partial charge in [-0.15, -0.1) is 0 Å². The van der Waals surface area contributed by atoms with E-state index in [1.54, 1.807) is 0 Å². The second-order valence-corrected chi connectivity index (χ2v) is 8.27. The van der Waals surface area contributed by atoms with E-state index in [9.17, 15) is 10.1 Å². The van der Waals surface area contributed by atoms with Gasteiger partial charge in [-0.25, -0.2) is 0 Å². The van der Waals surface area contributed by atoms with Crippen LogP contribution in [0.25, 0.3) is 0 Å². The maximum atomic E-state index is 12.2. The number of nitriles is 1. The van der Waals surface area contributed by atoms with Crippen LogP contribution in [0.1, 0.15) is 32.1 Å². The predicted molar refractivity (Wildman–Crippen MR) is 92.4 cm³/mol. The molecule has 0 spiro atoms. The van der Waals surface area contributed by atoms with Crippen LogP contribution in [0.15, 0.2) is 30.3 Å². The van der Waals surface area contributed by atoms with Gasteiger partial charge in [0, 0.05) is 12.0 Å². The molecule has 1 saturated heterocycles. The second kappa shape index (κ2) is 5.76. The topological polar surface area (TPSA) is 62.1 Å². The highest BCUT2D eigenvalue weighted by Gasteiger charge is 2.63. The molecule has 0 radical (unpaired) electrons. The van der Waals surface area contributed by atoms with E-state index < -0.39 is 5.92 Å². The van der Waals surface area contributed by atoms with Crippen LogP contribution in [0.4, 0.5) is 0 Å². The number of ether oxygens (including phenoxy) is 1. The summed E-state index contributed by atoms with van der Waals surface area (Å²) < 4.78 is 6.39. The molecule has 4 heteroatoms. The molecule has 0 aromatic heterocycles. The van der Waals surface area contributed by atoms with Crippen molar-refractivity contribution in [2.45, 2.75) is 44.2 Å². The first kappa shape index (κ1) is 15.3. The average Bonchev–Trinajstić information content (AvgIpc) is 3.13. The van der Waals surface area contributed by atoms with Crippen molar-refractivity contribution >= 4 is 5.91 Å². The summed E-state index contributed by atoms with van der Waals surface area (Å²) in [5.74, 6) is 2.97. The number of rotatable bonds is 2. The lowest BCUT2D eigenvalue weighted by atomic mass is 9.62. The quantitative estimate of drug-likeness (QED) is 0.902. The van der Waals surface area contributed by atoms with Crippen molar-refractivity contribution in [1.29, 1.82) is 5.26 Å². The summed E-state index contributed by atoms with van der Waals surface area (Å²) >= 11 is 0. The minimum Gasteiger partial charge on any atom is -0.490 e. The Morgan fingerprint density at radius 1 is 1.00 bits per heavy atom. The van der Waals surface area contributed by atoms with E-state index in [1.165, 1.54) is 19.3 Å². The summed E-state index contributed by atoms with van der Waals surface area (Å²) in [7, 11) is 0. The number of carbonyl (C=O) groups is 1. The van der Waals surface area contributed by atoms with Crippen LogP contribution in [0.3, 0.4) is 0 Å². The number of amides is 1. The minimum absolute atomic E-state index is 0.0271. The van der Waals surface area contributed by atoms with Gasteiger partial charge < -0.3 is 10.1 Å². The lowest BCUT2D eigenvalue weighted by Crippen LogP contribution is -2.46. The van der Waals surface area contributed by atoms with Gasteiger partial charge in [0.1, 0.15) is 17.8 Å². The molecular weight excluding hydrogens is 312 g/mol. The van der Waals surface area contributed by atoms with E-state index in [4.69, 9.17) is 4.74 Å². The Labute approximate surface area is 148 Å². The molecule has 1 amide bonds. The second-order valence-electron chi connectivity index (χ2n) is 8.27. The molecule has 3 aliphatic carbocycles. The molecule has 5 rings (SSSR count). The van der Waals surface area contributed by atoms with Crippen LogP contribution in [0.5, 0.6) is 5.75 Å². The van der Waals surface area contributed by atoms with Gasteiger partial charge in [0.15, 0.2) is 0 Å². The Kier molecular flexibility index (Phi) is 3.51. The maximum Gasteiger partial charge on any atom is 0.237 e. The third kappa shape index (κ3) is 2.21. The fourth-order valence-electron chi connectivity index (χ4n) is 6.59. The molecule has 130 valence electrons. The first-order chi connectivity index (χ1) is 12.3. The molecule has 0 bridgehead atoms. The van der Waals surface area contributed by atoms with Crippen molar-refractivity contribution in [3.8, 4) is 11.8 Å². The maximum absolute atomic E-state index is 12.2. The zero-order valence-electron chi connectivity index (χ0n) is 14.3. The molecule has 1 N–H and O–H groups in total. The van der Waals surface area contributed by atoms with Crippen molar-refractivity contribution in [2.75, 3.05) is 0 Å². The molecule has 4 fully saturated rings. The van der Waals surface area contributed by atoms with E-state index in [0.29, 0.717) is 23.7 Å². The monoisotopic (exact) mass is 336 g/mol. The smallest absolute Gasteiger partial charge is 0.237 e. The van der Waals surface area contributed by atoms with Crippen LogP contribution < -0.4 is 10.1 Å². The SMILES string of the molecule is N#CC1C(=O)NC2C3CCC(Oc4ccccc4)C4CCCC(C43)C12. The molecule has 8 unspecified atom stereocenters. The highest BCUT2D eigenvalue weighted by atomic mass is 16.5. The summed E-state index contributed by atoms with van der Waals surface area (Å²) in [5, 5.41) is 12.7. The van der Waals surface area contributed by atoms with Crippen molar-refractivity contribution in [2.24, 2.45) is 35.5 Å². The number of benzene rings is 1. The van der Waals surface area contributed by atoms with Crippen LogP contribution in [-0.2, 0) is 4.79 Å². The molecule has 25 heavy (non-hydrogen) atoms. The van der Waals surface area contributed by atoms with Gasteiger partial charge in [0.05, 0.1) is 6.07 Å². The van der Waals surface area contributed by atoms with E-state index in [2.05, 4.69) is 11.4 Å². The van der Waals surface area contributed by atoms with Crippen LogP contribution >= 0.6 is 0 Å². The third-order valence-electron chi connectivity index (χ3n) is 7.34. The van der Waals surface area contributed by atoms with Crippen LogP contribution in [-0.4, -0.2) is 18.1 Å². The summed E-state index contributed by atoms with van der Waals surface area (Å²) in [6, 6.07) is 12.7. The Morgan fingerprint density at radius 3 is 2.60 bits per heavy atom. The van der Waals surface area contributed by atoms with Crippen molar-refractivity contribution in [1.82, 2.24) is 5.32 Å². The molecule has 4 nitrogen and oxygen atoms in total. The molecular formula is C21H24N2O2. The standard InChI is InChI=1S/C21H24N2O2/c22-11-16-19-14-8-4-7-13-17(25-12-5-2-1-3-6-12)10-9-15(18(13)14)20(19)23-21(16)24/h1-3,5-6,13-20H,4,7-10H2,(H,23,24). The number of carbonyl (C=O) groups excluding carboxylic acids is 1. The summed E-state index contributed by atoms with van der Waals surface area (Å²) in [5.41, 5.74) is 0. The fraction of sp³-hybridized carbons (Fsp3) is 0.619. The number of nitrogens with one attached hydrogen (secondary N) is 1. The first-order valence-corrected chi connectivity index (χ1v) is 9.69. The highest BCUT2D eigenvalue weighted by molar-refractivity contribution is 5.84. The lowest BCUT2D eigenvalue weighted by Gasteiger charge is -2.46. The minimum atomic E-state index is -0.437. The molecule has 8 atom stereocenters. The molecule has 1 aromatic carbocycles. The van der Waals surface area contributed by atoms with E-state index >= 15 is 0 Å². The first-order valence-electron chi connectivity index (χ1n) is 9.69. The van der Waals surface area contributed by atoms with Crippen LogP contribution in [0, 0.1) is 46.8 Å². The van der Waals surface area contributed by atoms with Gasteiger partial charge in [0.25, 0.3) is 0 Å². The van der Waals surface area contributed by atoms with Gasteiger partial charge >= 0.3 is 0 Å². The Morgan fingerprint density at radius 2 is 1.80 bits per heavy atom. The molecule has 1 heterocycles. The number of fused-ring (bicyclic) bond motifs is 3. The predicted octanol–water partition coefficient (Wildman–Crippen LogP) is 3.14. The Hall–Kier alpha value is -2.02. The van der Waals surface area contributed by atoms with E-state index in [-0.39, 0.29) is 24.0 Å². The largest absolute Gasteiger partial charge is 0.490 e. The molecule has 1 aromatic rings. The van der Waals surface area contributed by atoms with Gasteiger partial charge in [-0.3, -0.25) is 4.79 Å². The van der Waals surface area contributed by atoms with Crippen LogP contribution in [0.2, 0.25) is 0 Å². The number of para-hydroxylation sites is 1.